The van der Waals surface area contributed by atoms with E-state index >= 15 is 0 Å². The second kappa shape index (κ2) is 7.25. The molecule has 2 aromatic carbocycles. The zero-order valence-electron chi connectivity index (χ0n) is 12.2. The van der Waals surface area contributed by atoms with Crippen LogP contribution in [0.2, 0.25) is 0 Å². The number of rotatable bonds is 6. The van der Waals surface area contributed by atoms with Gasteiger partial charge in [0.25, 0.3) is 0 Å². The third-order valence-electron chi connectivity index (χ3n) is 3.18. The molecule has 0 aliphatic rings. The lowest BCUT2D eigenvalue weighted by molar-refractivity contribution is 0.414. The van der Waals surface area contributed by atoms with Gasteiger partial charge in [-0.25, -0.2) is 0 Å². The Morgan fingerprint density at radius 3 is 2.55 bits per heavy atom. The molecule has 1 N–H and O–H groups in total. The maximum absolute atomic E-state index is 5.18. The summed E-state index contributed by atoms with van der Waals surface area (Å²) in [4.78, 5) is 1.28. The fraction of sp³-hybridized carbons (Fsp3) is 0.294. The van der Waals surface area contributed by atoms with Crippen LogP contribution in [0.4, 0.5) is 5.69 Å². The van der Waals surface area contributed by atoms with E-state index in [2.05, 4.69) is 54.9 Å². The summed E-state index contributed by atoms with van der Waals surface area (Å²) in [6, 6.07) is 17.2. The van der Waals surface area contributed by atoms with E-state index in [1.807, 2.05) is 12.1 Å². The van der Waals surface area contributed by atoms with E-state index in [1.54, 1.807) is 18.9 Å². The van der Waals surface area contributed by atoms with Crippen molar-refractivity contribution in [3.05, 3.63) is 54.1 Å². The molecule has 0 aliphatic heterocycles. The first-order chi connectivity index (χ1) is 9.71. The zero-order chi connectivity index (χ0) is 14.4. The maximum Gasteiger partial charge on any atom is 0.118 e. The third kappa shape index (κ3) is 4.20. The van der Waals surface area contributed by atoms with Gasteiger partial charge < -0.3 is 10.1 Å². The predicted octanol–water partition coefficient (Wildman–Crippen LogP) is 4.46. The van der Waals surface area contributed by atoms with Crippen LogP contribution in [0.15, 0.2) is 53.4 Å². The van der Waals surface area contributed by atoms with E-state index in [-0.39, 0.29) is 0 Å². The lowest BCUT2D eigenvalue weighted by Crippen LogP contribution is -2.17. The predicted molar refractivity (Wildman–Crippen MR) is 88.0 cm³/mol. The number of hydrogen-bond donors (Lipinski definition) is 1. The first-order valence-electron chi connectivity index (χ1n) is 6.75. The number of nitrogens with one attached hydrogen (secondary N) is 1. The molecule has 0 fully saturated rings. The van der Waals surface area contributed by atoms with Gasteiger partial charge in [-0.3, -0.25) is 0 Å². The summed E-state index contributed by atoms with van der Waals surface area (Å²) in [5.41, 5.74) is 2.49. The van der Waals surface area contributed by atoms with Crippen LogP contribution in [-0.4, -0.2) is 19.4 Å². The molecular weight excluding hydrogens is 266 g/mol. The summed E-state index contributed by atoms with van der Waals surface area (Å²) in [5, 5.41) is 3.55. The second-order valence-electron chi connectivity index (χ2n) is 4.83. The fourth-order valence-electron chi connectivity index (χ4n) is 2.16. The standard InChI is InChI=1S/C17H21NOS/c1-13(11-14-7-9-16(19-2)10-8-14)18-15-5-4-6-17(12-15)20-3/h4-10,12-13,18H,11H2,1-3H3/t13-/m1/s1. The van der Waals surface area contributed by atoms with E-state index in [0.29, 0.717) is 6.04 Å². The minimum atomic E-state index is 0.389. The molecule has 3 heteroatoms. The average molecular weight is 287 g/mol. The van der Waals surface area contributed by atoms with Crippen LogP contribution in [-0.2, 0) is 6.42 Å². The first kappa shape index (κ1) is 14.8. The summed E-state index contributed by atoms with van der Waals surface area (Å²) < 4.78 is 5.18. The van der Waals surface area contributed by atoms with E-state index in [0.717, 1.165) is 12.2 Å². The molecule has 0 heterocycles. The van der Waals surface area contributed by atoms with E-state index in [4.69, 9.17) is 4.74 Å². The number of benzene rings is 2. The lowest BCUT2D eigenvalue weighted by atomic mass is 10.1. The van der Waals surface area contributed by atoms with Gasteiger partial charge in [0.05, 0.1) is 7.11 Å². The van der Waals surface area contributed by atoms with Gasteiger partial charge >= 0.3 is 0 Å². The van der Waals surface area contributed by atoms with E-state index in [1.165, 1.54) is 16.1 Å². The lowest BCUT2D eigenvalue weighted by Gasteiger charge is -2.16. The third-order valence-corrected chi connectivity index (χ3v) is 3.91. The van der Waals surface area contributed by atoms with Gasteiger partial charge in [0.15, 0.2) is 0 Å². The highest BCUT2D eigenvalue weighted by atomic mass is 32.2. The minimum Gasteiger partial charge on any atom is -0.497 e. The van der Waals surface area contributed by atoms with Crippen molar-refractivity contribution in [2.75, 3.05) is 18.7 Å². The van der Waals surface area contributed by atoms with Crippen LogP contribution in [0.25, 0.3) is 0 Å². The normalized spacial score (nSPS) is 11.9. The Balaban J connectivity index is 1.95. The van der Waals surface area contributed by atoms with Crippen molar-refractivity contribution >= 4 is 17.4 Å². The molecule has 0 aromatic heterocycles. The van der Waals surface area contributed by atoms with E-state index < -0.39 is 0 Å². The highest BCUT2D eigenvalue weighted by molar-refractivity contribution is 7.98. The molecule has 0 unspecified atom stereocenters. The molecule has 0 amide bonds. The quantitative estimate of drug-likeness (QED) is 0.793. The van der Waals surface area contributed by atoms with Gasteiger partial charge in [-0.2, -0.15) is 0 Å². The first-order valence-corrected chi connectivity index (χ1v) is 7.97. The molecule has 0 radical (unpaired) electrons. The van der Waals surface area contributed by atoms with Crippen molar-refractivity contribution in [2.45, 2.75) is 24.3 Å². The zero-order valence-corrected chi connectivity index (χ0v) is 13.0. The SMILES string of the molecule is COc1ccc(C[C@@H](C)Nc2cccc(SC)c2)cc1. The molecule has 2 aromatic rings. The molecule has 0 bridgehead atoms. The number of ether oxygens (including phenoxy) is 1. The van der Waals surface area contributed by atoms with Gasteiger partial charge in [-0.1, -0.05) is 18.2 Å². The van der Waals surface area contributed by atoms with Crippen LogP contribution >= 0.6 is 11.8 Å². The smallest absolute Gasteiger partial charge is 0.118 e. The molecule has 2 rings (SSSR count). The molecule has 0 aliphatic carbocycles. The van der Waals surface area contributed by atoms with Crippen molar-refractivity contribution in [1.82, 2.24) is 0 Å². The largest absolute Gasteiger partial charge is 0.497 e. The fourth-order valence-corrected chi connectivity index (χ4v) is 2.62. The van der Waals surface area contributed by atoms with Crippen molar-refractivity contribution in [3.63, 3.8) is 0 Å². The van der Waals surface area contributed by atoms with Crippen LogP contribution in [0, 0.1) is 0 Å². The number of methoxy groups -OCH3 is 1. The molecule has 0 saturated heterocycles. The molecule has 20 heavy (non-hydrogen) atoms. The summed E-state index contributed by atoms with van der Waals surface area (Å²) in [6.07, 6.45) is 3.09. The Bertz CT molecular complexity index is 539. The molecule has 1 atom stereocenters. The highest BCUT2D eigenvalue weighted by Gasteiger charge is 2.04. The Hall–Kier alpha value is -1.61. The van der Waals surface area contributed by atoms with Crippen molar-refractivity contribution < 1.29 is 4.74 Å². The van der Waals surface area contributed by atoms with Crippen molar-refractivity contribution in [1.29, 1.82) is 0 Å². The van der Waals surface area contributed by atoms with Gasteiger partial charge in [0, 0.05) is 16.6 Å². The monoisotopic (exact) mass is 287 g/mol. The van der Waals surface area contributed by atoms with Gasteiger partial charge in [-0.05, 0) is 55.5 Å². The van der Waals surface area contributed by atoms with Gasteiger partial charge in [0.1, 0.15) is 5.75 Å². The van der Waals surface area contributed by atoms with Crippen LogP contribution in [0.3, 0.4) is 0 Å². The topological polar surface area (TPSA) is 21.3 Å². The van der Waals surface area contributed by atoms with Gasteiger partial charge in [-0.15, -0.1) is 11.8 Å². The minimum absolute atomic E-state index is 0.389. The molecule has 0 saturated carbocycles. The highest BCUT2D eigenvalue weighted by Crippen LogP contribution is 2.20. The van der Waals surface area contributed by atoms with E-state index in [9.17, 15) is 0 Å². The van der Waals surface area contributed by atoms with Gasteiger partial charge in [0.2, 0.25) is 0 Å². The molecule has 2 nitrogen and oxygen atoms in total. The molecule has 106 valence electrons. The summed E-state index contributed by atoms with van der Waals surface area (Å²) >= 11 is 1.76. The Labute approximate surface area is 125 Å². The molecular formula is C17H21NOS. The van der Waals surface area contributed by atoms with Crippen LogP contribution in [0.5, 0.6) is 5.75 Å². The second-order valence-corrected chi connectivity index (χ2v) is 5.71. The molecule has 0 spiro atoms. The average Bonchev–Trinajstić information content (AvgIpc) is 2.48. The Kier molecular flexibility index (Phi) is 5.36. The van der Waals surface area contributed by atoms with Crippen LogP contribution < -0.4 is 10.1 Å². The Morgan fingerprint density at radius 1 is 1.15 bits per heavy atom. The number of thioether (sulfide) groups is 1. The summed E-state index contributed by atoms with van der Waals surface area (Å²) in [5.74, 6) is 0.905. The maximum atomic E-state index is 5.18. The van der Waals surface area contributed by atoms with Crippen molar-refractivity contribution in [3.8, 4) is 5.75 Å². The summed E-state index contributed by atoms with van der Waals surface area (Å²) in [7, 11) is 1.69. The van der Waals surface area contributed by atoms with Crippen LogP contribution in [0.1, 0.15) is 12.5 Å². The number of anilines is 1. The van der Waals surface area contributed by atoms with Crippen molar-refractivity contribution in [2.24, 2.45) is 0 Å². The number of hydrogen-bond acceptors (Lipinski definition) is 3. The summed E-state index contributed by atoms with van der Waals surface area (Å²) in [6.45, 7) is 2.20. The Morgan fingerprint density at radius 2 is 1.90 bits per heavy atom.